The van der Waals surface area contributed by atoms with Gasteiger partial charge in [-0.05, 0) is 19.1 Å². The number of hydrogen-bond donors (Lipinski definition) is 1. The van der Waals surface area contributed by atoms with Crippen molar-refractivity contribution in [1.82, 2.24) is 14.3 Å². The number of hydrogen-bond acceptors (Lipinski definition) is 4. The fraction of sp³-hybridized carbons (Fsp3) is 0.250. The minimum Gasteiger partial charge on any atom is -0.477 e. The van der Waals surface area contributed by atoms with Crippen LogP contribution in [0.25, 0.3) is 11.3 Å². The molecule has 0 saturated carbocycles. The van der Waals surface area contributed by atoms with Gasteiger partial charge in [0.25, 0.3) is 6.43 Å². The zero-order valence-electron chi connectivity index (χ0n) is 16.2. The Morgan fingerprint density at radius 1 is 1.23 bits per heavy atom. The zero-order valence-corrected chi connectivity index (χ0v) is 17.7. The molecule has 0 spiro atoms. The third-order valence-corrected chi connectivity index (χ3v) is 5.16. The molecular weight excluding hydrogens is 455 g/mol. The Hall–Kier alpha value is -2.91. The first kappa shape index (κ1) is 22.8. The SMILES string of the molecule is CCn1c(Cn2ccc(OCC(F)F)n2)cc(=O)c(C(=O)O)c1-c1ccc(Cl)c(Cl)c1. The van der Waals surface area contributed by atoms with Crippen molar-refractivity contribution in [2.24, 2.45) is 0 Å². The standard InChI is InChI=1S/C20H17Cl2F2N3O4/c1-2-27-12(9-26-6-5-17(25-26)31-10-16(23)24)8-15(28)18(20(29)30)19(27)11-3-4-13(21)14(22)7-11/h3-8,16H,2,9-10H2,1H3,(H,29,30). The van der Waals surface area contributed by atoms with Crippen molar-refractivity contribution >= 4 is 29.2 Å². The van der Waals surface area contributed by atoms with Crippen LogP contribution in [-0.4, -0.2) is 38.5 Å². The van der Waals surface area contributed by atoms with Crippen molar-refractivity contribution in [3.63, 3.8) is 0 Å². The fourth-order valence-electron chi connectivity index (χ4n) is 3.16. The highest BCUT2D eigenvalue weighted by atomic mass is 35.5. The molecule has 11 heteroatoms. The Balaban J connectivity index is 2.10. The largest absolute Gasteiger partial charge is 0.477 e. The molecule has 0 bridgehead atoms. The summed E-state index contributed by atoms with van der Waals surface area (Å²) in [4.78, 5) is 24.5. The highest BCUT2D eigenvalue weighted by Crippen LogP contribution is 2.30. The lowest BCUT2D eigenvalue weighted by atomic mass is 10.0. The first-order valence-corrected chi connectivity index (χ1v) is 9.86. The Morgan fingerprint density at radius 3 is 2.58 bits per heavy atom. The lowest BCUT2D eigenvalue weighted by Crippen LogP contribution is -2.24. The predicted molar refractivity (Wildman–Crippen MR) is 112 cm³/mol. The molecule has 31 heavy (non-hydrogen) atoms. The van der Waals surface area contributed by atoms with Crippen LogP contribution < -0.4 is 10.2 Å². The number of carboxylic acids is 1. The summed E-state index contributed by atoms with van der Waals surface area (Å²) >= 11 is 12.1. The average Bonchev–Trinajstić information content (AvgIpc) is 3.15. The van der Waals surface area contributed by atoms with Gasteiger partial charge in [-0.3, -0.25) is 9.48 Å². The van der Waals surface area contributed by atoms with E-state index in [2.05, 4.69) is 5.10 Å². The molecule has 164 valence electrons. The molecule has 2 heterocycles. The second-order valence-corrected chi connectivity index (χ2v) is 7.27. The number of aromatic carboxylic acids is 1. The summed E-state index contributed by atoms with van der Waals surface area (Å²) in [6, 6.07) is 7.22. The molecule has 3 rings (SSSR count). The number of rotatable bonds is 8. The first-order valence-electron chi connectivity index (χ1n) is 9.11. The maximum Gasteiger partial charge on any atom is 0.341 e. The second kappa shape index (κ2) is 9.49. The number of halogens is 4. The van der Waals surface area contributed by atoms with Gasteiger partial charge in [-0.15, -0.1) is 5.10 Å². The van der Waals surface area contributed by atoms with E-state index in [-0.39, 0.29) is 28.2 Å². The summed E-state index contributed by atoms with van der Waals surface area (Å²) in [7, 11) is 0. The minimum absolute atomic E-state index is 0.0116. The van der Waals surface area contributed by atoms with Gasteiger partial charge in [-0.1, -0.05) is 29.3 Å². The van der Waals surface area contributed by atoms with Gasteiger partial charge in [-0.2, -0.15) is 0 Å². The third kappa shape index (κ3) is 5.05. The van der Waals surface area contributed by atoms with Crippen LogP contribution in [0.5, 0.6) is 5.88 Å². The molecule has 0 saturated heterocycles. The van der Waals surface area contributed by atoms with E-state index >= 15 is 0 Å². The zero-order chi connectivity index (χ0) is 22.7. The van der Waals surface area contributed by atoms with Crippen molar-refractivity contribution in [2.45, 2.75) is 26.4 Å². The molecule has 0 aliphatic rings. The van der Waals surface area contributed by atoms with E-state index in [0.29, 0.717) is 17.8 Å². The van der Waals surface area contributed by atoms with E-state index in [1.54, 1.807) is 17.6 Å². The van der Waals surface area contributed by atoms with Crippen molar-refractivity contribution in [3.05, 3.63) is 68.1 Å². The molecule has 0 amide bonds. The van der Waals surface area contributed by atoms with Crippen LogP contribution in [-0.2, 0) is 13.1 Å². The monoisotopic (exact) mass is 471 g/mol. The van der Waals surface area contributed by atoms with Gasteiger partial charge in [0, 0.05) is 36.1 Å². The summed E-state index contributed by atoms with van der Waals surface area (Å²) in [5.74, 6) is -1.36. The van der Waals surface area contributed by atoms with E-state index in [0.717, 1.165) is 0 Å². The Morgan fingerprint density at radius 2 is 1.97 bits per heavy atom. The van der Waals surface area contributed by atoms with Gasteiger partial charge >= 0.3 is 5.97 Å². The minimum atomic E-state index is -2.63. The summed E-state index contributed by atoms with van der Waals surface area (Å²) in [6.07, 6.45) is -1.12. The number of benzene rings is 1. The van der Waals surface area contributed by atoms with E-state index in [4.69, 9.17) is 27.9 Å². The second-order valence-electron chi connectivity index (χ2n) is 6.46. The van der Waals surface area contributed by atoms with Gasteiger partial charge in [0.2, 0.25) is 5.88 Å². The van der Waals surface area contributed by atoms with Gasteiger partial charge in [0.15, 0.2) is 12.0 Å². The predicted octanol–water partition coefficient (Wildman–Crippen LogP) is 4.43. The number of ether oxygens (including phenoxy) is 1. The number of aromatic nitrogens is 3. The van der Waals surface area contributed by atoms with Gasteiger partial charge < -0.3 is 14.4 Å². The summed E-state index contributed by atoms with van der Waals surface area (Å²) in [6.45, 7) is 1.42. The molecule has 0 atom stereocenters. The molecule has 0 radical (unpaired) electrons. The van der Waals surface area contributed by atoms with Crippen molar-refractivity contribution < 1.29 is 23.4 Å². The van der Waals surface area contributed by atoms with E-state index in [1.165, 1.54) is 35.1 Å². The molecule has 0 fully saturated rings. The highest BCUT2D eigenvalue weighted by molar-refractivity contribution is 6.42. The molecule has 0 aliphatic heterocycles. The van der Waals surface area contributed by atoms with E-state index in [9.17, 15) is 23.5 Å². The van der Waals surface area contributed by atoms with Crippen LogP contribution in [0.1, 0.15) is 23.0 Å². The first-order chi connectivity index (χ1) is 14.7. The van der Waals surface area contributed by atoms with Crippen LogP contribution in [0.2, 0.25) is 10.0 Å². The third-order valence-electron chi connectivity index (χ3n) is 4.42. The Kier molecular flexibility index (Phi) is 6.97. The van der Waals surface area contributed by atoms with Crippen molar-refractivity contribution in [3.8, 4) is 17.1 Å². The van der Waals surface area contributed by atoms with Crippen LogP contribution in [0.3, 0.4) is 0 Å². The van der Waals surface area contributed by atoms with Crippen molar-refractivity contribution in [2.75, 3.05) is 6.61 Å². The normalized spacial score (nSPS) is 11.2. The molecule has 1 N–H and O–H groups in total. The number of carbonyl (C=O) groups is 1. The van der Waals surface area contributed by atoms with Crippen molar-refractivity contribution in [1.29, 1.82) is 0 Å². The summed E-state index contributed by atoms with van der Waals surface area (Å²) in [5.41, 5.74) is -0.0338. The van der Waals surface area contributed by atoms with Gasteiger partial charge in [-0.25, -0.2) is 13.6 Å². The number of alkyl halides is 2. The molecular formula is C20H17Cl2F2N3O4. The Labute approximate surface area is 185 Å². The van der Waals surface area contributed by atoms with Crippen LogP contribution in [0.4, 0.5) is 8.78 Å². The quantitative estimate of drug-likeness (QED) is 0.525. The lowest BCUT2D eigenvalue weighted by Gasteiger charge is -2.20. The summed E-state index contributed by atoms with van der Waals surface area (Å²) in [5, 5.41) is 14.2. The molecule has 0 aliphatic carbocycles. The van der Waals surface area contributed by atoms with Crippen LogP contribution in [0, 0.1) is 0 Å². The molecule has 3 aromatic rings. The highest BCUT2D eigenvalue weighted by Gasteiger charge is 2.22. The molecule has 0 unspecified atom stereocenters. The fourth-order valence-corrected chi connectivity index (χ4v) is 3.46. The molecule has 2 aromatic heterocycles. The molecule has 7 nitrogen and oxygen atoms in total. The molecule has 1 aromatic carbocycles. The smallest absolute Gasteiger partial charge is 0.341 e. The van der Waals surface area contributed by atoms with Crippen LogP contribution in [0.15, 0.2) is 41.3 Å². The van der Waals surface area contributed by atoms with Gasteiger partial charge in [0.1, 0.15) is 5.56 Å². The topological polar surface area (TPSA) is 86.4 Å². The van der Waals surface area contributed by atoms with Crippen LogP contribution >= 0.6 is 23.2 Å². The maximum absolute atomic E-state index is 12.7. The average molecular weight is 472 g/mol. The van der Waals surface area contributed by atoms with Gasteiger partial charge in [0.05, 0.1) is 22.3 Å². The Bertz CT molecular complexity index is 1180. The number of pyridine rings is 1. The summed E-state index contributed by atoms with van der Waals surface area (Å²) < 4.78 is 32.6. The number of nitrogens with zero attached hydrogens (tertiary/aromatic N) is 3. The van der Waals surface area contributed by atoms with E-state index < -0.39 is 30.0 Å². The maximum atomic E-state index is 12.7. The lowest BCUT2D eigenvalue weighted by molar-refractivity contribution is 0.0695. The number of carboxylic acid groups (broad SMARTS) is 1. The van der Waals surface area contributed by atoms with E-state index in [1.807, 2.05) is 0 Å².